The van der Waals surface area contributed by atoms with Gasteiger partial charge in [-0.05, 0) is 57.5 Å². The molecular formula is C14H23NS. The predicted octanol–water partition coefficient (Wildman–Crippen LogP) is 4.28. The van der Waals surface area contributed by atoms with Crippen LogP contribution in [0.2, 0.25) is 0 Å². The fraction of sp³-hybridized carbons (Fsp3) is 0.571. The summed E-state index contributed by atoms with van der Waals surface area (Å²) >= 11 is 1.85. The Kier molecular flexibility index (Phi) is 5.78. The van der Waals surface area contributed by atoms with E-state index in [0.29, 0.717) is 6.04 Å². The maximum Gasteiger partial charge on any atom is 0.0304 e. The van der Waals surface area contributed by atoms with E-state index in [0.717, 1.165) is 6.54 Å². The Bertz CT molecular complexity index is 334. The third kappa shape index (κ3) is 4.95. The number of thiophene rings is 1. The SMILES string of the molecule is CC(C)=CCCC(C)NCc1sccc1C. The van der Waals surface area contributed by atoms with Crippen LogP contribution in [0.15, 0.2) is 23.1 Å². The van der Waals surface area contributed by atoms with Crippen molar-refractivity contribution in [3.05, 3.63) is 33.5 Å². The van der Waals surface area contributed by atoms with Gasteiger partial charge in [0.05, 0.1) is 0 Å². The van der Waals surface area contributed by atoms with E-state index in [1.165, 1.54) is 28.9 Å². The summed E-state index contributed by atoms with van der Waals surface area (Å²) in [5, 5.41) is 5.75. The third-order valence-electron chi connectivity index (χ3n) is 2.73. The molecule has 16 heavy (non-hydrogen) atoms. The molecule has 0 saturated carbocycles. The van der Waals surface area contributed by atoms with Crippen LogP contribution in [0.5, 0.6) is 0 Å². The molecule has 0 fully saturated rings. The van der Waals surface area contributed by atoms with Gasteiger partial charge in [-0.3, -0.25) is 0 Å². The van der Waals surface area contributed by atoms with E-state index >= 15 is 0 Å². The smallest absolute Gasteiger partial charge is 0.0304 e. The third-order valence-corrected chi connectivity index (χ3v) is 3.75. The highest BCUT2D eigenvalue weighted by molar-refractivity contribution is 7.10. The molecule has 1 unspecified atom stereocenters. The van der Waals surface area contributed by atoms with Crippen LogP contribution in [-0.4, -0.2) is 6.04 Å². The minimum absolute atomic E-state index is 0.595. The zero-order valence-electron chi connectivity index (χ0n) is 10.8. The van der Waals surface area contributed by atoms with E-state index in [1.807, 2.05) is 11.3 Å². The number of allylic oxidation sites excluding steroid dienone is 2. The van der Waals surface area contributed by atoms with Gasteiger partial charge in [0, 0.05) is 17.5 Å². The Morgan fingerprint density at radius 3 is 2.81 bits per heavy atom. The van der Waals surface area contributed by atoms with Gasteiger partial charge in [-0.2, -0.15) is 0 Å². The second-order valence-electron chi connectivity index (χ2n) is 4.67. The van der Waals surface area contributed by atoms with Crippen molar-refractivity contribution in [1.82, 2.24) is 5.32 Å². The fourth-order valence-corrected chi connectivity index (χ4v) is 2.43. The van der Waals surface area contributed by atoms with Crippen molar-refractivity contribution < 1.29 is 0 Å². The lowest BCUT2D eigenvalue weighted by atomic mass is 10.1. The van der Waals surface area contributed by atoms with Gasteiger partial charge in [-0.1, -0.05) is 11.6 Å². The van der Waals surface area contributed by atoms with Gasteiger partial charge in [-0.25, -0.2) is 0 Å². The Morgan fingerprint density at radius 1 is 1.50 bits per heavy atom. The monoisotopic (exact) mass is 237 g/mol. The Balaban J connectivity index is 2.23. The van der Waals surface area contributed by atoms with Gasteiger partial charge in [-0.15, -0.1) is 11.3 Å². The Morgan fingerprint density at radius 2 is 2.25 bits per heavy atom. The van der Waals surface area contributed by atoms with Crippen LogP contribution in [0, 0.1) is 6.92 Å². The van der Waals surface area contributed by atoms with Crippen LogP contribution in [0.25, 0.3) is 0 Å². The largest absolute Gasteiger partial charge is 0.309 e. The van der Waals surface area contributed by atoms with E-state index in [9.17, 15) is 0 Å². The van der Waals surface area contributed by atoms with Crippen LogP contribution in [0.4, 0.5) is 0 Å². The normalized spacial score (nSPS) is 12.5. The van der Waals surface area contributed by atoms with Crippen molar-refractivity contribution in [2.24, 2.45) is 0 Å². The highest BCUT2D eigenvalue weighted by Crippen LogP contribution is 2.15. The summed E-state index contributed by atoms with van der Waals surface area (Å²) < 4.78 is 0. The first-order chi connectivity index (χ1) is 7.59. The number of hydrogen-bond donors (Lipinski definition) is 1. The highest BCUT2D eigenvalue weighted by Gasteiger charge is 2.03. The van der Waals surface area contributed by atoms with Crippen molar-refractivity contribution >= 4 is 11.3 Å². The van der Waals surface area contributed by atoms with E-state index in [2.05, 4.69) is 50.5 Å². The number of rotatable bonds is 6. The topological polar surface area (TPSA) is 12.0 Å². The van der Waals surface area contributed by atoms with Gasteiger partial charge >= 0.3 is 0 Å². The van der Waals surface area contributed by atoms with Gasteiger partial charge < -0.3 is 5.32 Å². The number of hydrogen-bond acceptors (Lipinski definition) is 2. The van der Waals surface area contributed by atoms with Crippen molar-refractivity contribution in [2.75, 3.05) is 0 Å². The molecule has 1 nitrogen and oxygen atoms in total. The molecule has 90 valence electrons. The lowest BCUT2D eigenvalue weighted by Crippen LogP contribution is -2.25. The first-order valence-electron chi connectivity index (χ1n) is 5.99. The summed E-state index contributed by atoms with van der Waals surface area (Å²) in [5.41, 5.74) is 2.83. The standard InChI is InChI=1S/C14H23NS/c1-11(2)6-5-7-13(4)15-10-14-12(3)8-9-16-14/h6,8-9,13,15H,5,7,10H2,1-4H3. The Hall–Kier alpha value is -0.600. The van der Waals surface area contributed by atoms with Crippen LogP contribution < -0.4 is 5.32 Å². The summed E-state index contributed by atoms with van der Waals surface area (Å²) in [7, 11) is 0. The highest BCUT2D eigenvalue weighted by atomic mass is 32.1. The van der Waals surface area contributed by atoms with Crippen molar-refractivity contribution in [1.29, 1.82) is 0 Å². The molecule has 0 aromatic carbocycles. The van der Waals surface area contributed by atoms with E-state index in [1.54, 1.807) is 0 Å². The molecule has 0 amide bonds. The summed E-state index contributed by atoms with van der Waals surface area (Å²) in [6.45, 7) is 9.78. The molecule has 0 aliphatic carbocycles. The second-order valence-corrected chi connectivity index (χ2v) is 5.67. The molecule has 1 aromatic heterocycles. The van der Waals surface area contributed by atoms with Gasteiger partial charge in [0.2, 0.25) is 0 Å². The molecule has 1 atom stereocenters. The van der Waals surface area contributed by atoms with E-state index < -0.39 is 0 Å². The molecule has 0 spiro atoms. The van der Waals surface area contributed by atoms with Gasteiger partial charge in [0.1, 0.15) is 0 Å². The number of aryl methyl sites for hydroxylation is 1. The molecule has 0 saturated heterocycles. The van der Waals surface area contributed by atoms with Gasteiger partial charge in [0.15, 0.2) is 0 Å². The molecule has 0 radical (unpaired) electrons. The van der Waals surface area contributed by atoms with E-state index in [-0.39, 0.29) is 0 Å². The van der Waals surface area contributed by atoms with E-state index in [4.69, 9.17) is 0 Å². The molecule has 1 rings (SSSR count). The lowest BCUT2D eigenvalue weighted by Gasteiger charge is -2.12. The molecule has 1 heterocycles. The predicted molar refractivity (Wildman–Crippen MR) is 74.0 cm³/mol. The van der Waals surface area contributed by atoms with Crippen LogP contribution in [-0.2, 0) is 6.54 Å². The maximum atomic E-state index is 3.58. The molecular weight excluding hydrogens is 214 g/mol. The van der Waals surface area contributed by atoms with Crippen molar-refractivity contribution in [2.45, 2.75) is 53.1 Å². The maximum absolute atomic E-state index is 3.58. The minimum atomic E-state index is 0.595. The molecule has 1 aromatic rings. The summed E-state index contributed by atoms with van der Waals surface area (Å²) in [6, 6.07) is 2.78. The molecule has 1 N–H and O–H groups in total. The zero-order chi connectivity index (χ0) is 12.0. The minimum Gasteiger partial charge on any atom is -0.309 e. The Labute approximate surface area is 104 Å². The fourth-order valence-electron chi connectivity index (χ4n) is 1.58. The quantitative estimate of drug-likeness (QED) is 0.728. The first-order valence-corrected chi connectivity index (χ1v) is 6.87. The molecule has 2 heteroatoms. The average Bonchev–Trinajstić information content (AvgIpc) is 2.60. The van der Waals surface area contributed by atoms with Crippen molar-refractivity contribution in [3.63, 3.8) is 0 Å². The van der Waals surface area contributed by atoms with Crippen molar-refractivity contribution in [3.8, 4) is 0 Å². The summed E-state index contributed by atoms with van der Waals surface area (Å²) in [5.74, 6) is 0. The first kappa shape index (κ1) is 13.5. The van der Waals surface area contributed by atoms with Crippen LogP contribution in [0.1, 0.15) is 44.1 Å². The summed E-state index contributed by atoms with van der Waals surface area (Å²) in [6.07, 6.45) is 4.71. The lowest BCUT2D eigenvalue weighted by molar-refractivity contribution is 0.519. The molecule has 0 bridgehead atoms. The average molecular weight is 237 g/mol. The molecule has 0 aliphatic rings. The van der Waals surface area contributed by atoms with Crippen LogP contribution >= 0.6 is 11.3 Å². The zero-order valence-corrected chi connectivity index (χ0v) is 11.7. The second kappa shape index (κ2) is 6.87. The number of nitrogens with one attached hydrogen (secondary N) is 1. The van der Waals surface area contributed by atoms with Gasteiger partial charge in [0.25, 0.3) is 0 Å². The van der Waals surface area contributed by atoms with Crippen LogP contribution in [0.3, 0.4) is 0 Å². The molecule has 0 aliphatic heterocycles. The summed E-state index contributed by atoms with van der Waals surface area (Å²) in [4.78, 5) is 1.47.